The molecular formula is C20H24BrNO2S. The summed E-state index contributed by atoms with van der Waals surface area (Å²) in [4.78, 5) is 1.27. The second-order valence-electron chi connectivity index (χ2n) is 6.16. The molecule has 0 amide bonds. The van der Waals surface area contributed by atoms with Crippen LogP contribution < -0.4 is 10.1 Å². The molecule has 1 N–H and O–H groups in total. The molecular weight excluding hydrogens is 398 g/mol. The van der Waals surface area contributed by atoms with Crippen LogP contribution in [0.2, 0.25) is 0 Å². The Labute approximate surface area is 162 Å². The monoisotopic (exact) mass is 421 g/mol. The fraction of sp³-hybridized carbons (Fsp3) is 0.400. The molecule has 0 spiro atoms. The number of nitrogens with one attached hydrogen (secondary N) is 1. The van der Waals surface area contributed by atoms with Crippen LogP contribution in [0.15, 0.2) is 51.8 Å². The SMILES string of the molecule is COc1ccc(Br)cc1CSc1ccccc1COC[C@@H]1CCCN1. The van der Waals surface area contributed by atoms with Crippen molar-refractivity contribution in [1.29, 1.82) is 0 Å². The number of halogens is 1. The van der Waals surface area contributed by atoms with Crippen LogP contribution in [0.25, 0.3) is 0 Å². The highest BCUT2D eigenvalue weighted by Crippen LogP contribution is 2.32. The van der Waals surface area contributed by atoms with E-state index in [1.165, 1.54) is 28.9 Å². The average Bonchev–Trinajstić information content (AvgIpc) is 3.14. The Morgan fingerprint density at radius 3 is 2.88 bits per heavy atom. The molecule has 1 heterocycles. The topological polar surface area (TPSA) is 30.5 Å². The lowest BCUT2D eigenvalue weighted by Crippen LogP contribution is -2.26. The maximum absolute atomic E-state index is 5.95. The lowest BCUT2D eigenvalue weighted by molar-refractivity contribution is 0.102. The van der Waals surface area contributed by atoms with Crippen molar-refractivity contribution in [2.45, 2.75) is 36.1 Å². The van der Waals surface area contributed by atoms with Crippen LogP contribution in [0.3, 0.4) is 0 Å². The van der Waals surface area contributed by atoms with E-state index in [9.17, 15) is 0 Å². The van der Waals surface area contributed by atoms with Crippen LogP contribution in [0, 0.1) is 0 Å². The molecule has 1 saturated heterocycles. The standard InChI is InChI=1S/C20H24BrNO2S/c1-23-19-9-8-17(21)11-16(19)14-25-20-7-3-2-5-15(20)12-24-13-18-6-4-10-22-18/h2-3,5,7-9,11,18,22H,4,6,10,12-14H2,1H3/t18-/m0/s1. The maximum Gasteiger partial charge on any atom is 0.122 e. The molecule has 5 heteroatoms. The zero-order valence-electron chi connectivity index (χ0n) is 14.5. The Kier molecular flexibility index (Phi) is 7.23. The molecule has 1 fully saturated rings. The molecule has 2 aromatic rings. The van der Waals surface area contributed by atoms with E-state index in [1.807, 2.05) is 23.9 Å². The van der Waals surface area contributed by atoms with Gasteiger partial charge in [0.25, 0.3) is 0 Å². The fourth-order valence-corrected chi connectivity index (χ4v) is 4.42. The van der Waals surface area contributed by atoms with Crippen molar-refractivity contribution < 1.29 is 9.47 Å². The van der Waals surface area contributed by atoms with Gasteiger partial charge in [-0.1, -0.05) is 34.1 Å². The summed E-state index contributed by atoms with van der Waals surface area (Å²) in [6, 6.07) is 15.1. The highest BCUT2D eigenvalue weighted by atomic mass is 79.9. The van der Waals surface area contributed by atoms with Crippen LogP contribution >= 0.6 is 27.7 Å². The molecule has 3 rings (SSSR count). The summed E-state index contributed by atoms with van der Waals surface area (Å²) in [5, 5.41) is 3.47. The Bertz CT molecular complexity index is 689. The van der Waals surface area contributed by atoms with Gasteiger partial charge < -0.3 is 14.8 Å². The predicted octanol–water partition coefficient (Wildman–Crippen LogP) is 5.02. The lowest BCUT2D eigenvalue weighted by Gasteiger charge is -2.14. The molecule has 3 nitrogen and oxygen atoms in total. The lowest BCUT2D eigenvalue weighted by atomic mass is 10.2. The molecule has 0 saturated carbocycles. The second kappa shape index (κ2) is 9.62. The number of hydrogen-bond acceptors (Lipinski definition) is 4. The molecule has 1 aliphatic rings. The van der Waals surface area contributed by atoms with Crippen molar-refractivity contribution in [3.05, 3.63) is 58.1 Å². The minimum atomic E-state index is 0.519. The Morgan fingerprint density at radius 1 is 1.20 bits per heavy atom. The van der Waals surface area contributed by atoms with Crippen LogP contribution in [0.1, 0.15) is 24.0 Å². The Morgan fingerprint density at radius 2 is 2.08 bits per heavy atom. The van der Waals surface area contributed by atoms with Gasteiger partial charge in [-0.2, -0.15) is 0 Å². The zero-order valence-corrected chi connectivity index (χ0v) is 16.9. The molecule has 0 aliphatic carbocycles. The van der Waals surface area contributed by atoms with Crippen molar-refractivity contribution in [2.24, 2.45) is 0 Å². The van der Waals surface area contributed by atoms with E-state index in [1.54, 1.807) is 7.11 Å². The summed E-state index contributed by atoms with van der Waals surface area (Å²) in [5.41, 5.74) is 2.44. The second-order valence-corrected chi connectivity index (χ2v) is 8.09. The first-order valence-electron chi connectivity index (χ1n) is 8.60. The number of ether oxygens (including phenoxy) is 2. The molecule has 1 aliphatic heterocycles. The van der Waals surface area contributed by atoms with E-state index in [0.717, 1.165) is 29.1 Å². The van der Waals surface area contributed by atoms with Gasteiger partial charge in [-0.25, -0.2) is 0 Å². The van der Waals surface area contributed by atoms with Gasteiger partial charge in [0.2, 0.25) is 0 Å². The molecule has 0 bridgehead atoms. The zero-order chi connectivity index (χ0) is 17.5. The highest BCUT2D eigenvalue weighted by molar-refractivity contribution is 9.10. The number of rotatable bonds is 8. The molecule has 1 atom stereocenters. The van der Waals surface area contributed by atoms with Gasteiger partial charge in [0.15, 0.2) is 0 Å². The molecule has 0 unspecified atom stereocenters. The molecule has 0 radical (unpaired) electrons. The van der Waals surface area contributed by atoms with Crippen molar-refractivity contribution in [3.63, 3.8) is 0 Å². The van der Waals surface area contributed by atoms with Gasteiger partial charge in [0.1, 0.15) is 5.75 Å². The number of methoxy groups -OCH3 is 1. The van der Waals surface area contributed by atoms with E-state index in [0.29, 0.717) is 12.6 Å². The van der Waals surface area contributed by atoms with Gasteiger partial charge in [0, 0.05) is 26.7 Å². The minimum absolute atomic E-state index is 0.519. The third-order valence-electron chi connectivity index (χ3n) is 4.34. The Balaban J connectivity index is 1.59. The van der Waals surface area contributed by atoms with Gasteiger partial charge >= 0.3 is 0 Å². The highest BCUT2D eigenvalue weighted by Gasteiger charge is 2.14. The first kappa shape index (κ1) is 18.8. The summed E-state index contributed by atoms with van der Waals surface area (Å²) >= 11 is 5.37. The van der Waals surface area contributed by atoms with Crippen molar-refractivity contribution >= 4 is 27.7 Å². The molecule has 0 aromatic heterocycles. The van der Waals surface area contributed by atoms with Crippen LogP contribution in [-0.4, -0.2) is 26.3 Å². The first-order chi connectivity index (χ1) is 12.3. The van der Waals surface area contributed by atoms with E-state index in [4.69, 9.17) is 9.47 Å². The third-order valence-corrected chi connectivity index (χ3v) is 6.00. The average molecular weight is 422 g/mol. The fourth-order valence-electron chi connectivity index (χ4n) is 2.99. The summed E-state index contributed by atoms with van der Waals surface area (Å²) in [6.07, 6.45) is 2.48. The minimum Gasteiger partial charge on any atom is -0.496 e. The van der Waals surface area contributed by atoms with E-state index in [-0.39, 0.29) is 0 Å². The molecule has 134 valence electrons. The number of benzene rings is 2. The van der Waals surface area contributed by atoms with Gasteiger partial charge in [0.05, 0.1) is 20.3 Å². The van der Waals surface area contributed by atoms with Crippen molar-refractivity contribution in [1.82, 2.24) is 5.32 Å². The quantitative estimate of drug-likeness (QED) is 0.606. The summed E-state index contributed by atoms with van der Waals surface area (Å²) in [5.74, 6) is 1.79. The molecule has 2 aromatic carbocycles. The van der Waals surface area contributed by atoms with Gasteiger partial charge in [-0.3, -0.25) is 0 Å². The van der Waals surface area contributed by atoms with Gasteiger partial charge in [-0.05, 0) is 49.2 Å². The van der Waals surface area contributed by atoms with E-state index >= 15 is 0 Å². The van der Waals surface area contributed by atoms with Crippen molar-refractivity contribution in [3.8, 4) is 5.75 Å². The summed E-state index contributed by atoms with van der Waals surface area (Å²) in [6.45, 7) is 2.57. The normalized spacial score (nSPS) is 17.0. The molecule has 25 heavy (non-hydrogen) atoms. The Hall–Kier alpha value is -1.01. The van der Waals surface area contributed by atoms with Crippen LogP contribution in [0.5, 0.6) is 5.75 Å². The predicted molar refractivity (Wildman–Crippen MR) is 107 cm³/mol. The summed E-state index contributed by atoms with van der Waals surface area (Å²) < 4.78 is 12.5. The van der Waals surface area contributed by atoms with E-state index in [2.05, 4.69) is 51.6 Å². The van der Waals surface area contributed by atoms with Crippen LogP contribution in [0.4, 0.5) is 0 Å². The number of thioether (sulfide) groups is 1. The maximum atomic E-state index is 5.95. The smallest absolute Gasteiger partial charge is 0.122 e. The van der Waals surface area contributed by atoms with Gasteiger partial charge in [-0.15, -0.1) is 11.8 Å². The van der Waals surface area contributed by atoms with Crippen molar-refractivity contribution in [2.75, 3.05) is 20.3 Å². The van der Waals surface area contributed by atoms with E-state index < -0.39 is 0 Å². The first-order valence-corrected chi connectivity index (χ1v) is 10.4. The third kappa shape index (κ3) is 5.48. The summed E-state index contributed by atoms with van der Waals surface area (Å²) in [7, 11) is 1.72. The number of hydrogen-bond donors (Lipinski definition) is 1. The van der Waals surface area contributed by atoms with Crippen LogP contribution in [-0.2, 0) is 17.1 Å². The largest absolute Gasteiger partial charge is 0.496 e.